The van der Waals surface area contributed by atoms with E-state index in [1.807, 2.05) is 0 Å². The number of nitrogens with two attached hydrogens (primary N) is 1. The van der Waals surface area contributed by atoms with Crippen molar-refractivity contribution in [1.29, 1.82) is 0 Å². The van der Waals surface area contributed by atoms with Crippen LogP contribution in [0.2, 0.25) is 0 Å². The summed E-state index contributed by atoms with van der Waals surface area (Å²) < 4.78 is 0. The van der Waals surface area contributed by atoms with Gasteiger partial charge in [-0.1, -0.05) is 12.7 Å². The monoisotopic (exact) mass is 178 g/mol. The molecule has 1 rings (SSSR count). The van der Waals surface area contributed by atoms with Crippen LogP contribution in [0, 0.1) is 0 Å². The van der Waals surface area contributed by atoms with E-state index in [1.54, 1.807) is 6.92 Å². The zero-order valence-corrected chi connectivity index (χ0v) is 7.26. The van der Waals surface area contributed by atoms with Crippen LogP contribution in [0.5, 0.6) is 0 Å². The van der Waals surface area contributed by atoms with E-state index in [0.717, 1.165) is 0 Å². The molecule has 13 heavy (non-hydrogen) atoms. The van der Waals surface area contributed by atoms with Gasteiger partial charge in [0.25, 0.3) is 5.91 Å². The summed E-state index contributed by atoms with van der Waals surface area (Å²) in [4.78, 5) is 21.7. The molecular formula is C9H10N2O2. The molecule has 1 aliphatic rings. The molecule has 0 bridgehead atoms. The van der Waals surface area contributed by atoms with Crippen molar-refractivity contribution >= 4 is 11.8 Å². The predicted molar refractivity (Wildman–Crippen MR) is 48.3 cm³/mol. The third kappa shape index (κ3) is 1.66. The largest absolute Gasteiger partial charge is 0.366 e. The van der Waals surface area contributed by atoms with Crippen molar-refractivity contribution in [3.8, 4) is 0 Å². The van der Waals surface area contributed by atoms with Gasteiger partial charge in [0.15, 0.2) is 0 Å². The number of hydrogen-bond donors (Lipinski definition) is 2. The molecule has 68 valence electrons. The highest BCUT2D eigenvalue weighted by Gasteiger charge is 2.21. The third-order valence-corrected chi connectivity index (χ3v) is 1.77. The third-order valence-electron chi connectivity index (χ3n) is 1.77. The van der Waals surface area contributed by atoms with Gasteiger partial charge in [0.05, 0.1) is 5.70 Å². The normalized spacial score (nSPS) is 19.2. The Hall–Kier alpha value is -1.84. The maximum atomic E-state index is 11.1. The zero-order chi connectivity index (χ0) is 10.0. The highest BCUT2D eigenvalue weighted by Crippen LogP contribution is 2.20. The van der Waals surface area contributed by atoms with E-state index in [-0.39, 0.29) is 5.91 Å². The van der Waals surface area contributed by atoms with Gasteiger partial charge in [0, 0.05) is 17.2 Å². The molecule has 4 heteroatoms. The van der Waals surface area contributed by atoms with E-state index >= 15 is 0 Å². The number of amides is 2. The molecule has 2 amide bonds. The van der Waals surface area contributed by atoms with Crippen LogP contribution in [-0.4, -0.2) is 11.8 Å². The van der Waals surface area contributed by atoms with Gasteiger partial charge < -0.3 is 11.1 Å². The molecule has 0 aliphatic carbocycles. The molecule has 3 N–H and O–H groups in total. The Labute approximate surface area is 75.8 Å². The topological polar surface area (TPSA) is 72.2 Å². The lowest BCUT2D eigenvalue weighted by atomic mass is 10.1. The van der Waals surface area contributed by atoms with E-state index in [2.05, 4.69) is 11.9 Å². The van der Waals surface area contributed by atoms with Crippen LogP contribution in [0.1, 0.15) is 6.92 Å². The zero-order valence-electron chi connectivity index (χ0n) is 7.26. The Morgan fingerprint density at radius 1 is 1.62 bits per heavy atom. The minimum absolute atomic E-state index is 0.220. The number of nitrogens with one attached hydrogen (secondary N) is 1. The van der Waals surface area contributed by atoms with Gasteiger partial charge >= 0.3 is 0 Å². The van der Waals surface area contributed by atoms with E-state index in [1.165, 1.54) is 12.2 Å². The minimum atomic E-state index is -0.593. The lowest BCUT2D eigenvalue weighted by Gasteiger charge is -1.97. The van der Waals surface area contributed by atoms with E-state index in [4.69, 9.17) is 5.73 Å². The summed E-state index contributed by atoms with van der Waals surface area (Å²) >= 11 is 0. The first-order chi connectivity index (χ1) is 6.06. The smallest absolute Gasteiger partial charge is 0.251 e. The fourth-order valence-electron chi connectivity index (χ4n) is 1.13. The van der Waals surface area contributed by atoms with Gasteiger partial charge in [0.2, 0.25) is 5.91 Å². The van der Waals surface area contributed by atoms with Crippen LogP contribution >= 0.6 is 0 Å². The molecule has 0 radical (unpaired) electrons. The summed E-state index contributed by atoms with van der Waals surface area (Å²) in [5.41, 5.74) is 6.55. The van der Waals surface area contributed by atoms with Gasteiger partial charge in [-0.2, -0.15) is 0 Å². The first kappa shape index (κ1) is 9.25. The first-order valence-corrected chi connectivity index (χ1v) is 3.72. The average Bonchev–Trinajstić information content (AvgIpc) is 2.27. The number of hydrogen-bond acceptors (Lipinski definition) is 2. The predicted octanol–water partition coefficient (Wildman–Crippen LogP) is -0.0121. The van der Waals surface area contributed by atoms with Gasteiger partial charge in [-0.25, -0.2) is 0 Å². The number of rotatable bonds is 2. The molecule has 0 unspecified atom stereocenters. The fraction of sp³-hybridized carbons (Fsp3) is 0.111. The minimum Gasteiger partial charge on any atom is -0.366 e. The molecule has 1 heterocycles. The van der Waals surface area contributed by atoms with E-state index < -0.39 is 5.91 Å². The Morgan fingerprint density at radius 2 is 2.23 bits per heavy atom. The second kappa shape index (κ2) is 3.26. The Kier molecular flexibility index (Phi) is 2.32. The lowest BCUT2D eigenvalue weighted by molar-refractivity contribution is -0.116. The molecule has 0 aromatic rings. The van der Waals surface area contributed by atoms with Crippen molar-refractivity contribution in [3.05, 3.63) is 35.6 Å². The van der Waals surface area contributed by atoms with Crippen LogP contribution in [0.3, 0.4) is 0 Å². The Bertz CT molecular complexity index is 351. The quantitative estimate of drug-likeness (QED) is 0.583. The van der Waals surface area contributed by atoms with Crippen molar-refractivity contribution in [2.75, 3.05) is 0 Å². The molecule has 0 spiro atoms. The number of carbonyl (C=O) groups excluding carboxylic acids is 2. The molecule has 0 saturated carbocycles. The van der Waals surface area contributed by atoms with Crippen molar-refractivity contribution in [2.24, 2.45) is 5.73 Å². The molecule has 0 fully saturated rings. The van der Waals surface area contributed by atoms with Crippen molar-refractivity contribution in [2.45, 2.75) is 6.92 Å². The molecule has 0 aromatic carbocycles. The number of allylic oxidation sites excluding steroid dienone is 1. The van der Waals surface area contributed by atoms with Gasteiger partial charge in [-0.3, -0.25) is 9.59 Å². The Morgan fingerprint density at radius 3 is 2.69 bits per heavy atom. The SMILES string of the molecule is C=CC1=C(C)C(=O)N/C1=C/C(N)=O. The number of primary amides is 1. The summed E-state index contributed by atoms with van der Waals surface area (Å²) in [7, 11) is 0. The summed E-state index contributed by atoms with van der Waals surface area (Å²) in [5.74, 6) is -0.813. The van der Waals surface area contributed by atoms with Gasteiger partial charge in [-0.15, -0.1) is 0 Å². The van der Waals surface area contributed by atoms with Crippen LogP contribution < -0.4 is 11.1 Å². The van der Waals surface area contributed by atoms with Gasteiger partial charge in [0.1, 0.15) is 0 Å². The summed E-state index contributed by atoms with van der Waals surface area (Å²) in [6.07, 6.45) is 2.69. The van der Waals surface area contributed by atoms with E-state index in [9.17, 15) is 9.59 Å². The van der Waals surface area contributed by atoms with Crippen LogP contribution in [0.15, 0.2) is 35.6 Å². The van der Waals surface area contributed by atoms with Crippen molar-refractivity contribution in [3.63, 3.8) is 0 Å². The fourth-order valence-corrected chi connectivity index (χ4v) is 1.13. The first-order valence-electron chi connectivity index (χ1n) is 3.72. The van der Waals surface area contributed by atoms with Crippen LogP contribution in [0.4, 0.5) is 0 Å². The molecule has 1 aliphatic heterocycles. The maximum Gasteiger partial charge on any atom is 0.251 e. The highest BCUT2D eigenvalue weighted by molar-refractivity contribution is 6.02. The number of carbonyl (C=O) groups is 2. The van der Waals surface area contributed by atoms with Crippen LogP contribution in [-0.2, 0) is 9.59 Å². The Balaban J connectivity index is 3.13. The highest BCUT2D eigenvalue weighted by atomic mass is 16.2. The standard InChI is InChI=1S/C9H10N2O2/c1-3-6-5(2)9(13)11-7(6)4-8(10)12/h3-4H,1H2,2H3,(H2,10,12)(H,11,13)/b7-4+. The van der Waals surface area contributed by atoms with E-state index in [0.29, 0.717) is 16.8 Å². The van der Waals surface area contributed by atoms with Gasteiger partial charge in [-0.05, 0) is 6.92 Å². The summed E-state index contributed by atoms with van der Waals surface area (Å²) in [6.45, 7) is 5.20. The molecule has 0 atom stereocenters. The summed E-state index contributed by atoms with van der Waals surface area (Å²) in [5, 5.41) is 2.51. The molecule has 0 aromatic heterocycles. The second-order valence-corrected chi connectivity index (χ2v) is 2.66. The average molecular weight is 178 g/mol. The van der Waals surface area contributed by atoms with Crippen molar-refractivity contribution < 1.29 is 9.59 Å². The van der Waals surface area contributed by atoms with Crippen molar-refractivity contribution in [1.82, 2.24) is 5.32 Å². The molecule has 4 nitrogen and oxygen atoms in total. The summed E-state index contributed by atoms with van der Waals surface area (Å²) in [6, 6.07) is 0. The maximum absolute atomic E-state index is 11.1. The lowest BCUT2D eigenvalue weighted by Crippen LogP contribution is -2.18. The molecule has 0 saturated heterocycles. The second-order valence-electron chi connectivity index (χ2n) is 2.66. The van der Waals surface area contributed by atoms with Crippen LogP contribution in [0.25, 0.3) is 0 Å². The molecular weight excluding hydrogens is 168 g/mol.